The topological polar surface area (TPSA) is 105 Å². The molecule has 3 rings (SSSR count). The van der Waals surface area contributed by atoms with Crippen LogP contribution in [0, 0.1) is 11.7 Å². The number of ketones is 1. The summed E-state index contributed by atoms with van der Waals surface area (Å²) in [4.78, 5) is 29.6. The molecule has 1 aromatic heterocycles. The Kier molecular flexibility index (Phi) is 4.81. The monoisotopic (exact) mass is 380 g/mol. The second-order valence-corrected chi connectivity index (χ2v) is 7.59. The van der Waals surface area contributed by atoms with Gasteiger partial charge in [0, 0.05) is 37.0 Å². The SMILES string of the molecule is CN(C)C(=O)C1CCC(N)(C(=O)c2cc3c(F)c(Cl)ccc3[nH]2)C(N)C1. The molecular formula is C18H22ClFN4O2. The Morgan fingerprint density at radius 3 is 2.69 bits per heavy atom. The molecule has 0 aliphatic heterocycles. The molecule has 1 saturated carbocycles. The quantitative estimate of drug-likeness (QED) is 0.708. The van der Waals surface area contributed by atoms with Crippen molar-refractivity contribution in [2.24, 2.45) is 17.4 Å². The number of hydrogen-bond donors (Lipinski definition) is 3. The van der Waals surface area contributed by atoms with Crippen molar-refractivity contribution in [3.05, 3.63) is 34.7 Å². The van der Waals surface area contributed by atoms with Gasteiger partial charge in [0.05, 0.1) is 16.3 Å². The number of amides is 1. The van der Waals surface area contributed by atoms with Crippen molar-refractivity contribution >= 4 is 34.2 Å². The highest BCUT2D eigenvalue weighted by Crippen LogP contribution is 2.34. The minimum atomic E-state index is -1.30. The molecule has 5 N–H and O–H groups in total. The van der Waals surface area contributed by atoms with E-state index in [-0.39, 0.29) is 40.1 Å². The number of Topliss-reactive ketones (excluding diaryl/α,β-unsaturated/α-hetero) is 1. The molecule has 3 atom stereocenters. The van der Waals surface area contributed by atoms with Gasteiger partial charge in [0.15, 0.2) is 11.6 Å². The number of rotatable bonds is 3. The van der Waals surface area contributed by atoms with E-state index in [1.807, 2.05) is 0 Å². The zero-order chi connectivity index (χ0) is 19.2. The number of carbonyl (C=O) groups excluding carboxylic acids is 2. The molecule has 2 aromatic rings. The number of benzene rings is 1. The first kappa shape index (κ1) is 18.8. The molecule has 8 heteroatoms. The molecule has 1 aliphatic rings. The molecule has 1 aliphatic carbocycles. The molecule has 1 aromatic carbocycles. The van der Waals surface area contributed by atoms with Crippen LogP contribution >= 0.6 is 11.6 Å². The van der Waals surface area contributed by atoms with E-state index in [1.165, 1.54) is 17.0 Å². The van der Waals surface area contributed by atoms with Gasteiger partial charge in [-0.2, -0.15) is 0 Å². The van der Waals surface area contributed by atoms with Crippen LogP contribution in [0.4, 0.5) is 4.39 Å². The first-order valence-electron chi connectivity index (χ1n) is 8.42. The predicted molar refractivity (Wildman–Crippen MR) is 98.5 cm³/mol. The molecule has 6 nitrogen and oxygen atoms in total. The van der Waals surface area contributed by atoms with E-state index in [1.54, 1.807) is 20.2 Å². The molecule has 0 radical (unpaired) electrons. The fraction of sp³-hybridized carbons (Fsp3) is 0.444. The number of H-pyrrole nitrogens is 1. The van der Waals surface area contributed by atoms with Crippen molar-refractivity contribution in [2.75, 3.05) is 14.1 Å². The van der Waals surface area contributed by atoms with E-state index < -0.39 is 17.4 Å². The van der Waals surface area contributed by atoms with E-state index in [9.17, 15) is 14.0 Å². The van der Waals surface area contributed by atoms with E-state index in [0.717, 1.165) is 0 Å². The Morgan fingerprint density at radius 1 is 1.38 bits per heavy atom. The van der Waals surface area contributed by atoms with E-state index in [4.69, 9.17) is 23.1 Å². The van der Waals surface area contributed by atoms with Crippen LogP contribution in [0.25, 0.3) is 10.9 Å². The van der Waals surface area contributed by atoms with Crippen molar-refractivity contribution in [3.63, 3.8) is 0 Å². The van der Waals surface area contributed by atoms with Gasteiger partial charge < -0.3 is 21.4 Å². The summed E-state index contributed by atoms with van der Waals surface area (Å²) in [6.07, 6.45) is 1.10. The van der Waals surface area contributed by atoms with Gasteiger partial charge in [-0.3, -0.25) is 9.59 Å². The zero-order valence-corrected chi connectivity index (χ0v) is 15.4. The number of aromatic nitrogens is 1. The largest absolute Gasteiger partial charge is 0.352 e. The van der Waals surface area contributed by atoms with Gasteiger partial charge in [0.2, 0.25) is 5.91 Å². The van der Waals surface area contributed by atoms with Gasteiger partial charge in [0.1, 0.15) is 0 Å². The van der Waals surface area contributed by atoms with Crippen molar-refractivity contribution in [1.82, 2.24) is 9.88 Å². The highest BCUT2D eigenvalue weighted by Gasteiger charge is 2.46. The normalized spacial score (nSPS) is 26.1. The highest BCUT2D eigenvalue weighted by atomic mass is 35.5. The Labute approximate surface area is 155 Å². The zero-order valence-electron chi connectivity index (χ0n) is 14.7. The third-order valence-electron chi connectivity index (χ3n) is 5.25. The molecular weight excluding hydrogens is 359 g/mol. The maximum Gasteiger partial charge on any atom is 0.225 e. The van der Waals surface area contributed by atoms with Gasteiger partial charge in [-0.05, 0) is 37.5 Å². The van der Waals surface area contributed by atoms with Crippen LogP contribution in [0.15, 0.2) is 18.2 Å². The number of halogens is 2. The van der Waals surface area contributed by atoms with Gasteiger partial charge in [-0.15, -0.1) is 0 Å². The van der Waals surface area contributed by atoms with Crippen molar-refractivity contribution in [2.45, 2.75) is 30.8 Å². The molecule has 1 heterocycles. The number of hydrogen-bond acceptors (Lipinski definition) is 4. The Bertz CT molecular complexity index is 881. The lowest BCUT2D eigenvalue weighted by Gasteiger charge is -2.40. The average Bonchev–Trinajstić information content (AvgIpc) is 3.04. The first-order chi connectivity index (χ1) is 12.1. The number of carbonyl (C=O) groups is 2. The maximum absolute atomic E-state index is 14.1. The third kappa shape index (κ3) is 3.00. The van der Waals surface area contributed by atoms with Crippen LogP contribution in [0.3, 0.4) is 0 Å². The number of aromatic amines is 1. The van der Waals surface area contributed by atoms with Crippen LogP contribution in [0.1, 0.15) is 29.8 Å². The molecule has 26 heavy (non-hydrogen) atoms. The summed E-state index contributed by atoms with van der Waals surface area (Å²) in [6, 6.07) is 3.77. The Hall–Kier alpha value is -1.96. The fourth-order valence-corrected chi connectivity index (χ4v) is 3.78. The smallest absolute Gasteiger partial charge is 0.225 e. The summed E-state index contributed by atoms with van der Waals surface area (Å²) in [5.41, 5.74) is 11.9. The summed E-state index contributed by atoms with van der Waals surface area (Å²) in [6.45, 7) is 0. The van der Waals surface area contributed by atoms with Crippen molar-refractivity contribution in [1.29, 1.82) is 0 Å². The lowest BCUT2D eigenvalue weighted by Crippen LogP contribution is -2.64. The maximum atomic E-state index is 14.1. The summed E-state index contributed by atoms with van der Waals surface area (Å²) < 4.78 is 14.1. The van der Waals surface area contributed by atoms with Crippen LogP contribution in [0.2, 0.25) is 5.02 Å². The van der Waals surface area contributed by atoms with Crippen LogP contribution in [-0.2, 0) is 4.79 Å². The molecule has 140 valence electrons. The van der Waals surface area contributed by atoms with E-state index in [2.05, 4.69) is 4.98 Å². The molecule has 3 unspecified atom stereocenters. The Balaban J connectivity index is 1.88. The lowest BCUT2D eigenvalue weighted by molar-refractivity contribution is -0.134. The predicted octanol–water partition coefficient (Wildman–Crippen LogP) is 2.06. The van der Waals surface area contributed by atoms with Crippen LogP contribution in [-0.4, -0.2) is 47.3 Å². The van der Waals surface area contributed by atoms with Crippen LogP contribution < -0.4 is 11.5 Å². The summed E-state index contributed by atoms with van der Waals surface area (Å²) in [7, 11) is 3.38. The second kappa shape index (κ2) is 6.64. The lowest BCUT2D eigenvalue weighted by atomic mass is 9.70. The molecule has 1 fully saturated rings. The molecule has 0 spiro atoms. The van der Waals surface area contributed by atoms with E-state index in [0.29, 0.717) is 18.4 Å². The number of nitrogens with zero attached hydrogens (tertiary/aromatic N) is 1. The summed E-state index contributed by atoms with van der Waals surface area (Å²) in [5.74, 6) is -1.23. The van der Waals surface area contributed by atoms with Crippen molar-refractivity contribution in [3.8, 4) is 0 Å². The van der Waals surface area contributed by atoms with E-state index >= 15 is 0 Å². The number of fused-ring (bicyclic) bond motifs is 1. The van der Waals surface area contributed by atoms with Gasteiger partial charge in [-0.1, -0.05) is 11.6 Å². The second-order valence-electron chi connectivity index (χ2n) is 7.19. The van der Waals surface area contributed by atoms with Gasteiger partial charge >= 0.3 is 0 Å². The standard InChI is InChI=1S/C18H22ClFN4O2/c1-24(2)17(26)9-5-6-18(22,14(21)7-9)16(25)13-8-10-12(23-13)4-3-11(19)15(10)20/h3-4,8-9,14,23H,5-7,21-22H2,1-2H3. The first-order valence-corrected chi connectivity index (χ1v) is 8.80. The minimum Gasteiger partial charge on any atom is -0.352 e. The van der Waals surface area contributed by atoms with Crippen molar-refractivity contribution < 1.29 is 14.0 Å². The minimum absolute atomic E-state index is 0.0163. The third-order valence-corrected chi connectivity index (χ3v) is 5.55. The van der Waals surface area contributed by atoms with Gasteiger partial charge in [-0.25, -0.2) is 4.39 Å². The summed E-state index contributed by atoms with van der Waals surface area (Å²) in [5, 5.41) is 0.215. The highest BCUT2D eigenvalue weighted by molar-refractivity contribution is 6.31. The van der Waals surface area contributed by atoms with Gasteiger partial charge in [0.25, 0.3) is 0 Å². The molecule has 0 saturated heterocycles. The summed E-state index contributed by atoms with van der Waals surface area (Å²) >= 11 is 5.79. The number of nitrogens with two attached hydrogens (primary N) is 2. The fourth-order valence-electron chi connectivity index (χ4n) is 3.62. The average molecular weight is 381 g/mol. The molecule has 0 bridgehead atoms. The number of nitrogens with one attached hydrogen (secondary N) is 1. The Morgan fingerprint density at radius 2 is 2.08 bits per heavy atom. The molecule has 1 amide bonds. The van der Waals surface area contributed by atoms with Crippen LogP contribution in [0.5, 0.6) is 0 Å².